The predicted molar refractivity (Wildman–Crippen MR) is 88.2 cm³/mol. The molecule has 8 heteroatoms. The third kappa shape index (κ3) is 5.26. The van der Waals surface area contributed by atoms with Gasteiger partial charge in [0, 0.05) is 19.6 Å². The second-order valence-corrected chi connectivity index (χ2v) is 6.96. The Balaban J connectivity index is 1.90. The largest absolute Gasteiger partial charge is 0.393 e. The zero-order chi connectivity index (χ0) is 17.9. The van der Waals surface area contributed by atoms with Crippen LogP contribution < -0.4 is 0 Å². The first-order valence-electron chi connectivity index (χ1n) is 7.64. The summed E-state index contributed by atoms with van der Waals surface area (Å²) < 4.78 is 38.5. The van der Waals surface area contributed by atoms with Gasteiger partial charge in [0.15, 0.2) is 0 Å². The number of rotatable bonds is 4. The van der Waals surface area contributed by atoms with Gasteiger partial charge >= 0.3 is 6.18 Å². The van der Waals surface area contributed by atoms with Crippen molar-refractivity contribution in [3.05, 3.63) is 33.8 Å². The maximum atomic E-state index is 12.8. The average molecular weight is 383 g/mol. The van der Waals surface area contributed by atoms with Crippen molar-refractivity contribution < 1.29 is 18.0 Å². The van der Waals surface area contributed by atoms with Crippen LogP contribution in [-0.2, 0) is 11.3 Å². The normalized spacial score (nSPS) is 19.0. The number of hydrogen-bond donors (Lipinski definition) is 0. The predicted octanol–water partition coefficient (Wildman–Crippen LogP) is 4.23. The van der Waals surface area contributed by atoms with Gasteiger partial charge in [-0.1, -0.05) is 29.3 Å². The number of carbonyl (C=O) groups is 1. The number of carbonyl (C=O) groups excluding carboxylic acids is 1. The number of benzene rings is 1. The first kappa shape index (κ1) is 19.3. The zero-order valence-electron chi connectivity index (χ0n) is 13.2. The molecule has 0 aliphatic carbocycles. The van der Waals surface area contributed by atoms with Crippen molar-refractivity contribution in [1.29, 1.82) is 0 Å². The molecule has 0 saturated carbocycles. The Morgan fingerprint density at radius 2 is 2.04 bits per heavy atom. The molecule has 1 aliphatic rings. The van der Waals surface area contributed by atoms with Crippen LogP contribution in [0.4, 0.5) is 13.2 Å². The number of alkyl halides is 3. The lowest BCUT2D eigenvalue weighted by atomic mass is 9.97. The van der Waals surface area contributed by atoms with E-state index in [2.05, 4.69) is 0 Å². The number of piperidine rings is 1. The van der Waals surface area contributed by atoms with Crippen LogP contribution in [0.1, 0.15) is 18.4 Å². The molecule has 134 valence electrons. The van der Waals surface area contributed by atoms with E-state index in [1.165, 1.54) is 4.90 Å². The first-order valence-corrected chi connectivity index (χ1v) is 8.39. The number of amides is 1. The molecule has 1 aromatic rings. The molecule has 3 nitrogen and oxygen atoms in total. The molecule has 1 unspecified atom stereocenters. The van der Waals surface area contributed by atoms with Gasteiger partial charge in [0.2, 0.25) is 5.91 Å². The maximum Gasteiger partial charge on any atom is 0.393 e. The number of likely N-dealkylation sites (tertiary alicyclic amines) is 1. The van der Waals surface area contributed by atoms with Crippen LogP contribution in [0, 0.1) is 5.92 Å². The van der Waals surface area contributed by atoms with Gasteiger partial charge < -0.3 is 4.90 Å². The molecule has 0 aromatic heterocycles. The summed E-state index contributed by atoms with van der Waals surface area (Å²) >= 11 is 11.8. The standard InChI is InChI=1S/C16H19Cl2F3N2O/c1-22(8-11-4-5-13(17)14(18)7-11)10-15(24)23-6-2-3-12(9-23)16(19,20)21/h4-5,7,12H,2-3,6,8-10H2,1H3. The Hall–Kier alpha value is -0.980. The van der Waals surface area contributed by atoms with Crippen molar-refractivity contribution in [3.63, 3.8) is 0 Å². The van der Waals surface area contributed by atoms with Gasteiger partial charge in [-0.05, 0) is 37.6 Å². The highest BCUT2D eigenvalue weighted by Crippen LogP contribution is 2.33. The van der Waals surface area contributed by atoms with Crippen molar-refractivity contribution in [3.8, 4) is 0 Å². The van der Waals surface area contributed by atoms with Gasteiger partial charge in [0.25, 0.3) is 0 Å². The summed E-state index contributed by atoms with van der Waals surface area (Å²) in [4.78, 5) is 15.3. The van der Waals surface area contributed by atoms with Crippen LogP contribution in [0.5, 0.6) is 0 Å². The molecule has 0 radical (unpaired) electrons. The lowest BCUT2D eigenvalue weighted by Gasteiger charge is -2.34. The molecular weight excluding hydrogens is 364 g/mol. The third-order valence-corrected chi connectivity index (χ3v) is 4.82. The molecule has 1 heterocycles. The number of halogens is 5. The van der Waals surface area contributed by atoms with E-state index in [-0.39, 0.29) is 25.4 Å². The van der Waals surface area contributed by atoms with Gasteiger partial charge in [-0.2, -0.15) is 13.2 Å². The van der Waals surface area contributed by atoms with E-state index in [0.717, 1.165) is 5.56 Å². The number of likely N-dealkylation sites (N-methyl/N-ethyl adjacent to an activating group) is 1. The van der Waals surface area contributed by atoms with Crippen LogP contribution in [0.15, 0.2) is 18.2 Å². The number of hydrogen-bond acceptors (Lipinski definition) is 2. The minimum atomic E-state index is -4.25. The second-order valence-electron chi connectivity index (χ2n) is 6.14. The number of nitrogens with zero attached hydrogens (tertiary/aromatic N) is 2. The van der Waals surface area contributed by atoms with E-state index in [4.69, 9.17) is 23.2 Å². The van der Waals surface area contributed by atoms with E-state index in [1.807, 2.05) is 0 Å². The summed E-state index contributed by atoms with van der Waals surface area (Å²) in [5, 5.41) is 0.878. The first-order chi connectivity index (χ1) is 11.2. The topological polar surface area (TPSA) is 23.6 Å². The van der Waals surface area contributed by atoms with Crippen molar-refractivity contribution >= 4 is 29.1 Å². The van der Waals surface area contributed by atoms with Gasteiger partial charge in [-0.25, -0.2) is 0 Å². The smallest absolute Gasteiger partial charge is 0.341 e. The van der Waals surface area contributed by atoms with Crippen LogP contribution in [0.2, 0.25) is 10.0 Å². The van der Waals surface area contributed by atoms with Crippen molar-refractivity contribution in [2.45, 2.75) is 25.6 Å². The molecule has 0 spiro atoms. The Morgan fingerprint density at radius 3 is 2.67 bits per heavy atom. The molecule has 2 rings (SSSR count). The highest BCUT2D eigenvalue weighted by atomic mass is 35.5. The minimum absolute atomic E-state index is 0.0603. The Bertz CT molecular complexity index is 595. The molecule has 1 aliphatic heterocycles. The fourth-order valence-electron chi connectivity index (χ4n) is 2.81. The van der Waals surface area contributed by atoms with Crippen molar-refractivity contribution in [2.24, 2.45) is 5.92 Å². The summed E-state index contributed by atoms with van der Waals surface area (Å²) in [6.45, 7) is 0.652. The van der Waals surface area contributed by atoms with E-state index in [1.54, 1.807) is 30.1 Å². The summed E-state index contributed by atoms with van der Waals surface area (Å²) in [6, 6.07) is 5.19. The highest BCUT2D eigenvalue weighted by Gasteiger charge is 2.42. The van der Waals surface area contributed by atoms with Crippen molar-refractivity contribution in [2.75, 3.05) is 26.7 Å². The quantitative estimate of drug-likeness (QED) is 0.777. The molecule has 1 saturated heterocycles. The molecule has 1 amide bonds. The van der Waals surface area contributed by atoms with Gasteiger partial charge in [0.1, 0.15) is 0 Å². The summed E-state index contributed by atoms with van der Waals surface area (Å²) in [5.74, 6) is -1.71. The van der Waals surface area contributed by atoms with E-state index < -0.39 is 12.1 Å². The lowest BCUT2D eigenvalue weighted by molar-refractivity contribution is -0.188. The maximum absolute atomic E-state index is 12.8. The Labute approximate surface area is 149 Å². The van der Waals surface area contributed by atoms with E-state index in [0.29, 0.717) is 29.6 Å². The summed E-state index contributed by atoms with van der Waals surface area (Å²) in [6.07, 6.45) is -3.77. The molecule has 24 heavy (non-hydrogen) atoms. The summed E-state index contributed by atoms with van der Waals surface area (Å²) in [5.41, 5.74) is 0.881. The van der Waals surface area contributed by atoms with E-state index in [9.17, 15) is 18.0 Å². The van der Waals surface area contributed by atoms with Crippen LogP contribution in [-0.4, -0.2) is 48.6 Å². The van der Waals surface area contributed by atoms with E-state index >= 15 is 0 Å². The third-order valence-electron chi connectivity index (χ3n) is 4.08. The SMILES string of the molecule is CN(CC(=O)N1CCCC(C(F)(F)F)C1)Cc1ccc(Cl)c(Cl)c1. The molecule has 1 fully saturated rings. The van der Waals surface area contributed by atoms with Gasteiger partial charge in [-0.15, -0.1) is 0 Å². The molecule has 1 aromatic carbocycles. The fourth-order valence-corrected chi connectivity index (χ4v) is 3.13. The van der Waals surface area contributed by atoms with Crippen LogP contribution in [0.3, 0.4) is 0 Å². The minimum Gasteiger partial charge on any atom is -0.341 e. The Morgan fingerprint density at radius 1 is 1.33 bits per heavy atom. The van der Waals surface area contributed by atoms with Crippen molar-refractivity contribution in [1.82, 2.24) is 9.80 Å². The van der Waals surface area contributed by atoms with Crippen LogP contribution in [0.25, 0.3) is 0 Å². The molecule has 0 bridgehead atoms. The highest BCUT2D eigenvalue weighted by molar-refractivity contribution is 6.42. The van der Waals surface area contributed by atoms with Crippen LogP contribution >= 0.6 is 23.2 Å². The lowest BCUT2D eigenvalue weighted by Crippen LogP contribution is -2.47. The van der Waals surface area contributed by atoms with Gasteiger partial charge in [0.05, 0.1) is 22.5 Å². The van der Waals surface area contributed by atoms with Gasteiger partial charge in [-0.3, -0.25) is 9.69 Å². The summed E-state index contributed by atoms with van der Waals surface area (Å²) in [7, 11) is 1.74. The molecule has 0 N–H and O–H groups in total. The zero-order valence-corrected chi connectivity index (χ0v) is 14.8. The molecular formula is C16H19Cl2F3N2O. The second kappa shape index (κ2) is 7.93. The monoisotopic (exact) mass is 382 g/mol. The fraction of sp³-hybridized carbons (Fsp3) is 0.562. The Kier molecular flexibility index (Phi) is 6.39. The molecule has 1 atom stereocenters. The average Bonchev–Trinajstić information content (AvgIpc) is 2.50.